The van der Waals surface area contributed by atoms with E-state index in [2.05, 4.69) is 4.98 Å². The van der Waals surface area contributed by atoms with Gasteiger partial charge in [-0.15, -0.1) is 0 Å². The lowest BCUT2D eigenvalue weighted by Gasteiger charge is -2.26. The summed E-state index contributed by atoms with van der Waals surface area (Å²) >= 11 is 0. The van der Waals surface area contributed by atoms with Crippen molar-refractivity contribution in [2.75, 3.05) is 32.9 Å². The molecule has 1 fully saturated rings. The van der Waals surface area contributed by atoms with Crippen LogP contribution in [0, 0.1) is 6.92 Å². The Morgan fingerprint density at radius 3 is 2.48 bits per heavy atom. The number of carbonyl (C=O) groups is 2. The van der Waals surface area contributed by atoms with Crippen LogP contribution < -0.4 is 5.69 Å². The predicted molar refractivity (Wildman–Crippen MR) is 88.8 cm³/mol. The van der Waals surface area contributed by atoms with Crippen LogP contribution in [0.1, 0.15) is 16.1 Å². The fourth-order valence-corrected chi connectivity index (χ4v) is 2.64. The maximum absolute atomic E-state index is 12.1. The van der Waals surface area contributed by atoms with Gasteiger partial charge in [0.25, 0.3) is 5.91 Å². The number of nitrogens with one attached hydrogen (secondary N) is 1. The zero-order valence-electron chi connectivity index (χ0n) is 13.9. The van der Waals surface area contributed by atoms with Gasteiger partial charge in [-0.3, -0.25) is 9.36 Å². The van der Waals surface area contributed by atoms with E-state index in [1.165, 1.54) is 4.57 Å². The number of esters is 1. The Morgan fingerprint density at radius 2 is 1.88 bits per heavy atom. The lowest BCUT2D eigenvalue weighted by Crippen LogP contribution is -2.42. The lowest BCUT2D eigenvalue weighted by atomic mass is 10.2. The van der Waals surface area contributed by atoms with Crippen LogP contribution in [0.5, 0.6) is 0 Å². The minimum Gasteiger partial charge on any atom is -0.452 e. The maximum atomic E-state index is 12.1. The fraction of sp³-hybridized carbons (Fsp3) is 0.353. The lowest BCUT2D eigenvalue weighted by molar-refractivity contribution is -0.138. The molecule has 3 rings (SSSR count). The first kappa shape index (κ1) is 17.0. The van der Waals surface area contributed by atoms with Gasteiger partial charge in [0, 0.05) is 25.0 Å². The van der Waals surface area contributed by atoms with Gasteiger partial charge in [0.15, 0.2) is 6.61 Å². The number of nitrogens with zero attached hydrogens (tertiary/aromatic N) is 2. The van der Waals surface area contributed by atoms with Gasteiger partial charge in [-0.2, -0.15) is 0 Å². The second-order valence-corrected chi connectivity index (χ2v) is 5.69. The highest BCUT2D eigenvalue weighted by atomic mass is 16.5. The standard InChI is InChI=1S/C17H19N3O5/c1-12-10-18-17(23)20(12)14-4-2-13(3-5-14)16(22)25-11-15(21)19-6-8-24-9-7-19/h2-5,10H,6-9,11H2,1H3,(H,18,23). The first-order valence-corrected chi connectivity index (χ1v) is 7.96. The van der Waals surface area contributed by atoms with Gasteiger partial charge in [-0.05, 0) is 31.2 Å². The van der Waals surface area contributed by atoms with Crippen molar-refractivity contribution in [3.8, 4) is 5.69 Å². The number of carbonyl (C=O) groups excluding carboxylic acids is 2. The van der Waals surface area contributed by atoms with Crippen LogP contribution in [-0.4, -0.2) is 59.2 Å². The van der Waals surface area contributed by atoms with E-state index in [1.807, 2.05) is 0 Å². The molecule has 0 saturated carbocycles. The molecular formula is C17H19N3O5. The Bertz CT molecular complexity index is 816. The molecule has 0 aliphatic carbocycles. The highest BCUT2D eigenvalue weighted by Gasteiger charge is 2.18. The molecule has 2 heterocycles. The van der Waals surface area contributed by atoms with Crippen molar-refractivity contribution < 1.29 is 19.1 Å². The monoisotopic (exact) mass is 345 g/mol. The van der Waals surface area contributed by atoms with Crippen molar-refractivity contribution in [1.82, 2.24) is 14.5 Å². The van der Waals surface area contributed by atoms with Gasteiger partial charge in [0.2, 0.25) is 0 Å². The molecule has 1 amide bonds. The molecular weight excluding hydrogens is 326 g/mol. The first-order valence-electron chi connectivity index (χ1n) is 7.96. The molecule has 1 saturated heterocycles. The molecule has 1 aliphatic rings. The second kappa shape index (κ2) is 7.35. The molecule has 1 N–H and O–H groups in total. The van der Waals surface area contributed by atoms with Crippen molar-refractivity contribution in [2.24, 2.45) is 0 Å². The Balaban J connectivity index is 1.61. The molecule has 132 valence electrons. The van der Waals surface area contributed by atoms with E-state index in [-0.39, 0.29) is 18.2 Å². The van der Waals surface area contributed by atoms with Crippen LogP contribution in [0.15, 0.2) is 35.3 Å². The molecule has 1 aromatic heterocycles. The SMILES string of the molecule is Cc1c[nH]c(=O)n1-c1ccc(C(=O)OCC(=O)N2CCOCC2)cc1. The third kappa shape index (κ3) is 3.80. The van der Waals surface area contributed by atoms with Gasteiger partial charge in [-0.25, -0.2) is 9.59 Å². The third-order valence-electron chi connectivity index (χ3n) is 4.01. The highest BCUT2D eigenvalue weighted by molar-refractivity contribution is 5.91. The summed E-state index contributed by atoms with van der Waals surface area (Å²) in [5, 5.41) is 0. The quantitative estimate of drug-likeness (QED) is 0.814. The molecule has 2 aromatic rings. The number of amides is 1. The Labute approximate surface area is 144 Å². The second-order valence-electron chi connectivity index (χ2n) is 5.69. The van der Waals surface area contributed by atoms with E-state index in [9.17, 15) is 14.4 Å². The smallest absolute Gasteiger partial charge is 0.338 e. The molecule has 1 aromatic carbocycles. The number of aromatic amines is 1. The van der Waals surface area contributed by atoms with Gasteiger partial charge < -0.3 is 19.4 Å². The number of hydrogen-bond acceptors (Lipinski definition) is 5. The van der Waals surface area contributed by atoms with Crippen LogP contribution in [0.4, 0.5) is 0 Å². The third-order valence-corrected chi connectivity index (χ3v) is 4.01. The molecule has 0 spiro atoms. The Hall–Kier alpha value is -2.87. The van der Waals surface area contributed by atoms with E-state index < -0.39 is 5.97 Å². The van der Waals surface area contributed by atoms with E-state index in [1.54, 1.807) is 42.3 Å². The van der Waals surface area contributed by atoms with Crippen molar-refractivity contribution in [3.63, 3.8) is 0 Å². The van der Waals surface area contributed by atoms with E-state index in [4.69, 9.17) is 9.47 Å². The summed E-state index contributed by atoms with van der Waals surface area (Å²) in [6.07, 6.45) is 1.61. The number of aromatic nitrogens is 2. The highest BCUT2D eigenvalue weighted by Crippen LogP contribution is 2.11. The van der Waals surface area contributed by atoms with E-state index in [0.29, 0.717) is 37.6 Å². The number of hydrogen-bond donors (Lipinski definition) is 1. The molecule has 25 heavy (non-hydrogen) atoms. The fourth-order valence-electron chi connectivity index (χ4n) is 2.64. The van der Waals surface area contributed by atoms with Gasteiger partial charge in [0.05, 0.1) is 24.5 Å². The van der Waals surface area contributed by atoms with Crippen LogP contribution in [-0.2, 0) is 14.3 Å². The molecule has 8 nitrogen and oxygen atoms in total. The molecule has 8 heteroatoms. The minimum absolute atomic E-state index is 0.234. The number of ether oxygens (including phenoxy) is 2. The largest absolute Gasteiger partial charge is 0.452 e. The Kier molecular flexibility index (Phi) is 4.99. The average Bonchev–Trinajstić information content (AvgIpc) is 2.98. The summed E-state index contributed by atoms with van der Waals surface area (Å²) in [5.74, 6) is -0.811. The summed E-state index contributed by atoms with van der Waals surface area (Å²) in [6, 6.07) is 6.44. The summed E-state index contributed by atoms with van der Waals surface area (Å²) in [7, 11) is 0. The molecule has 0 atom stereocenters. The van der Waals surface area contributed by atoms with Gasteiger partial charge >= 0.3 is 11.7 Å². The average molecular weight is 345 g/mol. The summed E-state index contributed by atoms with van der Waals surface area (Å²) in [4.78, 5) is 40.0. The topological polar surface area (TPSA) is 93.6 Å². The zero-order chi connectivity index (χ0) is 17.8. The predicted octanol–water partition coefficient (Wildman–Crippen LogP) is 0.490. The van der Waals surface area contributed by atoms with Crippen LogP contribution >= 0.6 is 0 Å². The number of imidazole rings is 1. The summed E-state index contributed by atoms with van der Waals surface area (Å²) in [6.45, 7) is 3.53. The Morgan fingerprint density at radius 1 is 1.20 bits per heavy atom. The van der Waals surface area contributed by atoms with Crippen LogP contribution in [0.25, 0.3) is 5.69 Å². The van der Waals surface area contributed by atoms with Gasteiger partial charge in [0.1, 0.15) is 0 Å². The number of aryl methyl sites for hydroxylation is 1. The molecule has 0 unspecified atom stereocenters. The van der Waals surface area contributed by atoms with E-state index in [0.717, 1.165) is 5.69 Å². The molecule has 0 bridgehead atoms. The van der Waals surface area contributed by atoms with Crippen molar-refractivity contribution >= 4 is 11.9 Å². The van der Waals surface area contributed by atoms with Crippen LogP contribution in [0.3, 0.4) is 0 Å². The summed E-state index contributed by atoms with van der Waals surface area (Å²) < 4.78 is 11.7. The number of H-pyrrole nitrogens is 1. The summed E-state index contributed by atoms with van der Waals surface area (Å²) in [5.41, 5.74) is 1.48. The molecule has 1 aliphatic heterocycles. The normalized spacial score (nSPS) is 14.4. The minimum atomic E-state index is -0.578. The van der Waals surface area contributed by atoms with Crippen molar-refractivity contribution in [3.05, 3.63) is 52.2 Å². The zero-order valence-corrected chi connectivity index (χ0v) is 13.9. The van der Waals surface area contributed by atoms with Crippen molar-refractivity contribution in [2.45, 2.75) is 6.92 Å². The molecule has 0 radical (unpaired) electrons. The first-order chi connectivity index (χ1) is 12.1. The van der Waals surface area contributed by atoms with Crippen LogP contribution in [0.2, 0.25) is 0 Å². The van der Waals surface area contributed by atoms with E-state index >= 15 is 0 Å². The maximum Gasteiger partial charge on any atom is 0.338 e. The van der Waals surface area contributed by atoms with Gasteiger partial charge in [-0.1, -0.05) is 0 Å². The number of benzene rings is 1. The number of rotatable bonds is 4. The van der Waals surface area contributed by atoms with Crippen molar-refractivity contribution in [1.29, 1.82) is 0 Å². The number of morpholine rings is 1.